The van der Waals surface area contributed by atoms with E-state index in [2.05, 4.69) is 5.32 Å². The lowest BCUT2D eigenvalue weighted by atomic mass is 9.97. The number of carbonyl (C=O) groups is 1. The predicted octanol–water partition coefficient (Wildman–Crippen LogP) is 1.16. The molecular formula is C12H16N2O2. The average Bonchev–Trinajstić information content (AvgIpc) is 2.70. The number of anilines is 1. The number of hydrogen-bond acceptors (Lipinski definition) is 4. The Morgan fingerprint density at radius 1 is 1.56 bits per heavy atom. The van der Waals surface area contributed by atoms with E-state index in [9.17, 15) is 9.90 Å². The molecule has 0 spiro atoms. The quantitative estimate of drug-likeness (QED) is 0.527. The largest absolute Gasteiger partial charge is 0.508 e. The van der Waals surface area contributed by atoms with Crippen molar-refractivity contribution < 1.29 is 9.90 Å². The van der Waals surface area contributed by atoms with E-state index < -0.39 is 0 Å². The summed E-state index contributed by atoms with van der Waals surface area (Å²) < 4.78 is 0. The molecule has 0 bridgehead atoms. The number of nitrogen functional groups attached to an aromatic ring is 1. The Morgan fingerprint density at radius 3 is 3.00 bits per heavy atom. The zero-order chi connectivity index (χ0) is 11.5. The number of nitrogens with two attached hydrogens (primary N) is 1. The third-order valence-corrected chi connectivity index (χ3v) is 2.97. The summed E-state index contributed by atoms with van der Waals surface area (Å²) in [6, 6.07) is 4.51. The molecule has 1 aromatic carbocycles. The van der Waals surface area contributed by atoms with Crippen LogP contribution in [-0.4, -0.2) is 24.0 Å². The van der Waals surface area contributed by atoms with E-state index in [0.717, 1.165) is 19.5 Å². The molecule has 0 radical (unpaired) electrons. The van der Waals surface area contributed by atoms with Gasteiger partial charge in [0.25, 0.3) is 0 Å². The van der Waals surface area contributed by atoms with Crippen LogP contribution in [0.2, 0.25) is 0 Å². The van der Waals surface area contributed by atoms with Crippen molar-refractivity contribution in [3.05, 3.63) is 23.8 Å². The van der Waals surface area contributed by atoms with Crippen molar-refractivity contribution in [3.8, 4) is 5.75 Å². The van der Waals surface area contributed by atoms with E-state index in [4.69, 9.17) is 5.73 Å². The highest BCUT2D eigenvalue weighted by Gasteiger charge is 2.20. The summed E-state index contributed by atoms with van der Waals surface area (Å²) in [4.78, 5) is 11.9. The van der Waals surface area contributed by atoms with Crippen molar-refractivity contribution in [2.75, 3.05) is 18.8 Å². The van der Waals surface area contributed by atoms with E-state index in [1.807, 2.05) is 0 Å². The number of aromatic hydroxyl groups is 1. The Kier molecular flexibility index (Phi) is 3.10. The van der Waals surface area contributed by atoms with Crippen LogP contribution in [0.1, 0.15) is 23.2 Å². The number of nitrogens with one attached hydrogen (secondary N) is 1. The van der Waals surface area contributed by atoms with Crippen LogP contribution in [0, 0.1) is 5.92 Å². The fourth-order valence-corrected chi connectivity index (χ4v) is 2.06. The van der Waals surface area contributed by atoms with Crippen molar-refractivity contribution >= 4 is 11.5 Å². The average molecular weight is 220 g/mol. The topological polar surface area (TPSA) is 75.3 Å². The summed E-state index contributed by atoms with van der Waals surface area (Å²) >= 11 is 0. The van der Waals surface area contributed by atoms with E-state index in [1.165, 1.54) is 12.1 Å². The normalized spacial score (nSPS) is 19.9. The lowest BCUT2D eigenvalue weighted by Gasteiger charge is -2.09. The van der Waals surface area contributed by atoms with Crippen molar-refractivity contribution in [1.82, 2.24) is 5.32 Å². The van der Waals surface area contributed by atoms with Crippen molar-refractivity contribution in [2.45, 2.75) is 12.8 Å². The Balaban J connectivity index is 2.08. The number of hydrogen-bond donors (Lipinski definition) is 3. The van der Waals surface area contributed by atoms with Gasteiger partial charge in [0.15, 0.2) is 5.78 Å². The van der Waals surface area contributed by atoms with Crippen LogP contribution in [-0.2, 0) is 0 Å². The summed E-state index contributed by atoms with van der Waals surface area (Å²) in [6.45, 7) is 1.90. The zero-order valence-electron chi connectivity index (χ0n) is 9.07. The second kappa shape index (κ2) is 4.53. The molecule has 1 heterocycles. The van der Waals surface area contributed by atoms with Gasteiger partial charge < -0.3 is 16.2 Å². The molecule has 0 amide bonds. The Bertz CT molecular complexity index is 398. The van der Waals surface area contributed by atoms with Crippen LogP contribution in [0.5, 0.6) is 5.75 Å². The van der Waals surface area contributed by atoms with Gasteiger partial charge in [0.1, 0.15) is 5.75 Å². The number of Topliss-reactive ketones (excluding diaryl/α,β-unsaturated/α-hetero) is 1. The van der Waals surface area contributed by atoms with E-state index in [1.54, 1.807) is 6.07 Å². The molecule has 1 unspecified atom stereocenters. The Morgan fingerprint density at radius 2 is 2.38 bits per heavy atom. The van der Waals surface area contributed by atoms with Gasteiger partial charge in [0, 0.05) is 23.7 Å². The second-order valence-electron chi connectivity index (χ2n) is 4.26. The number of carbonyl (C=O) groups excluding carboxylic acids is 1. The van der Waals surface area contributed by atoms with Crippen LogP contribution in [0.4, 0.5) is 5.69 Å². The zero-order valence-corrected chi connectivity index (χ0v) is 9.07. The molecule has 1 atom stereocenters. The minimum Gasteiger partial charge on any atom is -0.508 e. The van der Waals surface area contributed by atoms with Gasteiger partial charge in [-0.15, -0.1) is 0 Å². The number of phenols is 1. The van der Waals surface area contributed by atoms with Crippen molar-refractivity contribution in [1.29, 1.82) is 0 Å². The summed E-state index contributed by atoms with van der Waals surface area (Å²) in [6.07, 6.45) is 1.58. The minimum absolute atomic E-state index is 0.0613. The smallest absolute Gasteiger partial charge is 0.165 e. The Hall–Kier alpha value is -1.55. The van der Waals surface area contributed by atoms with Crippen LogP contribution < -0.4 is 11.1 Å². The lowest BCUT2D eigenvalue weighted by molar-refractivity contribution is 0.0965. The first kappa shape index (κ1) is 11.0. The van der Waals surface area contributed by atoms with Crippen molar-refractivity contribution in [3.63, 3.8) is 0 Å². The van der Waals surface area contributed by atoms with E-state index >= 15 is 0 Å². The van der Waals surface area contributed by atoms with Gasteiger partial charge in [0.05, 0.1) is 0 Å². The highest BCUT2D eigenvalue weighted by Crippen LogP contribution is 2.22. The molecular weight excluding hydrogens is 204 g/mol. The van der Waals surface area contributed by atoms with Gasteiger partial charge >= 0.3 is 0 Å². The second-order valence-corrected chi connectivity index (χ2v) is 4.26. The fraction of sp³-hybridized carbons (Fsp3) is 0.417. The van der Waals surface area contributed by atoms with Gasteiger partial charge in [-0.05, 0) is 37.6 Å². The Labute approximate surface area is 94.5 Å². The highest BCUT2D eigenvalue weighted by atomic mass is 16.3. The van der Waals surface area contributed by atoms with Gasteiger partial charge in [-0.1, -0.05) is 0 Å². The van der Waals surface area contributed by atoms with Crippen LogP contribution in [0.25, 0.3) is 0 Å². The van der Waals surface area contributed by atoms with E-state index in [0.29, 0.717) is 23.6 Å². The molecule has 86 valence electrons. The molecule has 1 aromatic rings. The monoisotopic (exact) mass is 220 g/mol. The maximum Gasteiger partial charge on any atom is 0.165 e. The molecule has 4 nitrogen and oxygen atoms in total. The summed E-state index contributed by atoms with van der Waals surface area (Å²) in [5, 5.41) is 12.4. The number of phenolic OH excluding ortho intramolecular Hbond substituents is 1. The maximum atomic E-state index is 11.9. The first-order valence-corrected chi connectivity index (χ1v) is 5.49. The SMILES string of the molecule is Nc1cc(O)ccc1C(=O)CC1CCNC1. The van der Waals surface area contributed by atoms with Gasteiger partial charge in [-0.2, -0.15) is 0 Å². The molecule has 4 N–H and O–H groups in total. The molecule has 1 fully saturated rings. The van der Waals surface area contributed by atoms with E-state index in [-0.39, 0.29) is 11.5 Å². The summed E-state index contributed by atoms with van der Waals surface area (Å²) in [5.74, 6) is 0.573. The first-order valence-electron chi connectivity index (χ1n) is 5.49. The van der Waals surface area contributed by atoms with Crippen LogP contribution in [0.15, 0.2) is 18.2 Å². The predicted molar refractivity (Wildman–Crippen MR) is 62.4 cm³/mol. The fourth-order valence-electron chi connectivity index (χ4n) is 2.06. The van der Waals surface area contributed by atoms with Gasteiger partial charge in [-0.25, -0.2) is 0 Å². The summed E-state index contributed by atoms with van der Waals surface area (Å²) in [5.41, 5.74) is 6.58. The molecule has 0 aromatic heterocycles. The molecule has 1 aliphatic heterocycles. The number of rotatable bonds is 3. The molecule has 16 heavy (non-hydrogen) atoms. The van der Waals surface area contributed by atoms with Crippen LogP contribution in [0.3, 0.4) is 0 Å². The molecule has 0 saturated carbocycles. The number of ketones is 1. The maximum absolute atomic E-state index is 11.9. The molecule has 0 aliphatic carbocycles. The number of benzene rings is 1. The summed E-state index contributed by atoms with van der Waals surface area (Å²) in [7, 11) is 0. The van der Waals surface area contributed by atoms with Crippen LogP contribution >= 0.6 is 0 Å². The van der Waals surface area contributed by atoms with Gasteiger partial charge in [-0.3, -0.25) is 4.79 Å². The minimum atomic E-state index is 0.0613. The molecule has 1 saturated heterocycles. The third kappa shape index (κ3) is 2.33. The lowest BCUT2D eigenvalue weighted by Crippen LogP contribution is -2.13. The molecule has 1 aliphatic rings. The molecule has 2 rings (SSSR count). The van der Waals surface area contributed by atoms with Gasteiger partial charge in [0.2, 0.25) is 0 Å². The third-order valence-electron chi connectivity index (χ3n) is 2.97. The highest BCUT2D eigenvalue weighted by molar-refractivity contribution is 6.01. The standard InChI is InChI=1S/C12H16N2O2/c13-11-6-9(15)1-2-10(11)12(16)5-8-3-4-14-7-8/h1-2,6,8,14-15H,3-5,7,13H2. The van der Waals surface area contributed by atoms with Crippen molar-refractivity contribution in [2.24, 2.45) is 5.92 Å². The molecule has 4 heteroatoms. The first-order chi connectivity index (χ1) is 7.66.